The van der Waals surface area contributed by atoms with Gasteiger partial charge < -0.3 is 15.1 Å². The molecule has 10 heteroatoms. The summed E-state index contributed by atoms with van der Waals surface area (Å²) >= 11 is 0. The van der Waals surface area contributed by atoms with Crippen molar-refractivity contribution in [2.45, 2.75) is 20.8 Å². The number of likely N-dealkylation sites (N-methyl/N-ethyl adjacent to an activating group) is 2. The van der Waals surface area contributed by atoms with Crippen LogP contribution in [-0.2, 0) is 0 Å². The van der Waals surface area contributed by atoms with Crippen LogP contribution in [0.4, 0.5) is 10.7 Å². The Morgan fingerprint density at radius 1 is 1.09 bits per heavy atom. The van der Waals surface area contributed by atoms with Gasteiger partial charge >= 0.3 is 6.03 Å². The molecule has 0 spiro atoms. The quantitative estimate of drug-likeness (QED) is 0.531. The second-order valence-corrected chi connectivity index (χ2v) is 7.31. The molecule has 0 saturated carbocycles. The Morgan fingerprint density at radius 2 is 1.88 bits per heavy atom. The highest BCUT2D eigenvalue weighted by molar-refractivity contribution is 5.95. The number of urea groups is 1. The fraction of sp³-hybridized carbons (Fsp3) is 0.409. The number of rotatable bonds is 9. The summed E-state index contributed by atoms with van der Waals surface area (Å²) in [5.41, 5.74) is 2.47. The van der Waals surface area contributed by atoms with Gasteiger partial charge in [-0.3, -0.25) is 15.1 Å². The SMILES string of the molecule is CCNC(=O)Nc1nc2cc(-c3cccnc3)cc(C(=O)N(C)CCN(CC)CC)n2n1. The highest BCUT2D eigenvalue weighted by Crippen LogP contribution is 2.23. The summed E-state index contributed by atoms with van der Waals surface area (Å²) in [6.45, 7) is 9.72. The van der Waals surface area contributed by atoms with E-state index in [1.807, 2.05) is 25.1 Å². The van der Waals surface area contributed by atoms with Crippen LogP contribution in [0, 0.1) is 0 Å². The Bertz CT molecular complexity index is 1060. The average molecular weight is 439 g/mol. The van der Waals surface area contributed by atoms with Crippen LogP contribution in [0.25, 0.3) is 16.8 Å². The minimum absolute atomic E-state index is 0.124. The van der Waals surface area contributed by atoms with Crippen LogP contribution >= 0.6 is 0 Å². The maximum absolute atomic E-state index is 13.4. The van der Waals surface area contributed by atoms with Gasteiger partial charge in [-0.15, -0.1) is 5.10 Å². The summed E-state index contributed by atoms with van der Waals surface area (Å²) in [6, 6.07) is 6.95. The fourth-order valence-corrected chi connectivity index (χ4v) is 3.32. The number of aromatic nitrogens is 4. The van der Waals surface area contributed by atoms with Crippen molar-refractivity contribution in [3.63, 3.8) is 0 Å². The lowest BCUT2D eigenvalue weighted by molar-refractivity contribution is 0.0771. The zero-order valence-electron chi connectivity index (χ0n) is 19.0. The summed E-state index contributed by atoms with van der Waals surface area (Å²) in [5, 5.41) is 9.61. The van der Waals surface area contributed by atoms with Crippen LogP contribution in [0.5, 0.6) is 0 Å². The zero-order chi connectivity index (χ0) is 23.1. The predicted molar refractivity (Wildman–Crippen MR) is 124 cm³/mol. The van der Waals surface area contributed by atoms with Gasteiger partial charge in [-0.05, 0) is 43.8 Å². The van der Waals surface area contributed by atoms with Crippen LogP contribution in [0.15, 0.2) is 36.7 Å². The van der Waals surface area contributed by atoms with Gasteiger partial charge in [-0.25, -0.2) is 9.31 Å². The van der Waals surface area contributed by atoms with Crippen molar-refractivity contribution in [2.24, 2.45) is 0 Å². The Balaban J connectivity index is 1.98. The third-order valence-corrected chi connectivity index (χ3v) is 5.21. The van der Waals surface area contributed by atoms with Gasteiger partial charge in [0.1, 0.15) is 5.69 Å². The van der Waals surface area contributed by atoms with Crippen LogP contribution < -0.4 is 10.6 Å². The first-order valence-electron chi connectivity index (χ1n) is 10.8. The van der Waals surface area contributed by atoms with E-state index < -0.39 is 6.03 Å². The van der Waals surface area contributed by atoms with E-state index in [1.165, 1.54) is 4.52 Å². The number of carbonyl (C=O) groups excluding carboxylic acids is 2. The standard InChI is InChI=1S/C22H30N8O2/c1-5-24-22(32)26-21-25-19-14-17(16-9-8-10-23-15-16)13-18(30(19)27-21)20(31)28(4)11-12-29(6-2)7-3/h8-10,13-15H,5-7,11-12H2,1-4H3,(H2,24,26,27,32). The van der Waals surface area contributed by atoms with E-state index in [0.717, 1.165) is 30.8 Å². The van der Waals surface area contributed by atoms with Gasteiger partial charge in [-0.2, -0.15) is 4.98 Å². The molecule has 2 N–H and O–H groups in total. The third-order valence-electron chi connectivity index (χ3n) is 5.21. The van der Waals surface area contributed by atoms with Crippen molar-refractivity contribution in [1.29, 1.82) is 0 Å². The molecule has 3 rings (SSSR count). The highest BCUT2D eigenvalue weighted by Gasteiger charge is 2.20. The molecule has 170 valence electrons. The molecule has 32 heavy (non-hydrogen) atoms. The monoisotopic (exact) mass is 438 g/mol. The Morgan fingerprint density at radius 3 is 2.53 bits per heavy atom. The van der Waals surface area contributed by atoms with Crippen LogP contribution in [0.2, 0.25) is 0 Å². The van der Waals surface area contributed by atoms with Crippen molar-refractivity contribution in [3.8, 4) is 11.1 Å². The number of carbonyl (C=O) groups is 2. The first-order valence-corrected chi connectivity index (χ1v) is 10.8. The molecule has 0 bridgehead atoms. The van der Waals surface area contributed by atoms with Crippen molar-refractivity contribution in [3.05, 3.63) is 42.4 Å². The fourth-order valence-electron chi connectivity index (χ4n) is 3.32. The average Bonchev–Trinajstić information content (AvgIpc) is 3.21. The number of anilines is 1. The number of fused-ring (bicyclic) bond motifs is 1. The second-order valence-electron chi connectivity index (χ2n) is 7.31. The Labute approximate surface area is 187 Å². The predicted octanol–water partition coefficient (Wildman–Crippen LogP) is 2.35. The number of hydrogen-bond donors (Lipinski definition) is 2. The molecule has 0 saturated heterocycles. The van der Waals surface area contributed by atoms with E-state index >= 15 is 0 Å². The topological polar surface area (TPSA) is 108 Å². The maximum Gasteiger partial charge on any atom is 0.321 e. The lowest BCUT2D eigenvalue weighted by Crippen LogP contribution is -2.37. The number of pyridine rings is 2. The molecule has 0 aromatic carbocycles. The lowest BCUT2D eigenvalue weighted by Gasteiger charge is -2.23. The molecule has 0 radical (unpaired) electrons. The first kappa shape index (κ1) is 23.1. The summed E-state index contributed by atoms with van der Waals surface area (Å²) in [5.74, 6) is -0.0542. The molecular formula is C22H30N8O2. The minimum Gasteiger partial charge on any atom is -0.339 e. The highest BCUT2D eigenvalue weighted by atomic mass is 16.2. The zero-order valence-corrected chi connectivity index (χ0v) is 19.0. The molecule has 3 aromatic rings. The first-order chi connectivity index (χ1) is 15.5. The van der Waals surface area contributed by atoms with E-state index in [1.54, 1.807) is 30.4 Å². The third kappa shape index (κ3) is 5.38. The van der Waals surface area contributed by atoms with E-state index in [0.29, 0.717) is 24.4 Å². The smallest absolute Gasteiger partial charge is 0.321 e. The van der Waals surface area contributed by atoms with Crippen molar-refractivity contribution in [1.82, 2.24) is 34.7 Å². The molecule has 0 unspecified atom stereocenters. The van der Waals surface area contributed by atoms with Gasteiger partial charge in [0.15, 0.2) is 5.65 Å². The normalized spacial score (nSPS) is 11.0. The Kier molecular flexibility index (Phi) is 7.72. The number of nitrogens with zero attached hydrogens (tertiary/aromatic N) is 6. The second kappa shape index (κ2) is 10.7. The van der Waals surface area contributed by atoms with Crippen LogP contribution in [0.1, 0.15) is 31.3 Å². The number of amides is 3. The molecule has 3 heterocycles. The summed E-state index contributed by atoms with van der Waals surface area (Å²) in [4.78, 5) is 37.8. The van der Waals surface area contributed by atoms with Gasteiger partial charge in [-0.1, -0.05) is 19.9 Å². The largest absolute Gasteiger partial charge is 0.339 e. The van der Waals surface area contributed by atoms with Gasteiger partial charge in [0.2, 0.25) is 0 Å². The molecule has 0 atom stereocenters. The minimum atomic E-state index is -0.403. The van der Waals surface area contributed by atoms with Crippen molar-refractivity contribution < 1.29 is 9.59 Å². The van der Waals surface area contributed by atoms with Gasteiger partial charge in [0.25, 0.3) is 11.9 Å². The summed E-state index contributed by atoms with van der Waals surface area (Å²) in [7, 11) is 1.78. The summed E-state index contributed by atoms with van der Waals surface area (Å²) in [6.07, 6.45) is 3.43. The van der Waals surface area contributed by atoms with Crippen LogP contribution in [-0.4, -0.2) is 81.1 Å². The molecule has 10 nitrogen and oxygen atoms in total. The number of hydrogen-bond acceptors (Lipinski definition) is 6. The van der Waals surface area contributed by atoms with E-state index in [-0.39, 0.29) is 11.9 Å². The molecule has 0 aliphatic carbocycles. The van der Waals surface area contributed by atoms with Crippen molar-refractivity contribution >= 4 is 23.5 Å². The lowest BCUT2D eigenvalue weighted by atomic mass is 10.1. The van der Waals surface area contributed by atoms with E-state index in [4.69, 9.17) is 0 Å². The maximum atomic E-state index is 13.4. The molecule has 0 aliphatic rings. The summed E-state index contributed by atoms with van der Waals surface area (Å²) < 4.78 is 1.47. The molecule has 3 aromatic heterocycles. The molecular weight excluding hydrogens is 408 g/mol. The van der Waals surface area contributed by atoms with Crippen molar-refractivity contribution in [2.75, 3.05) is 45.1 Å². The molecule has 3 amide bonds. The van der Waals surface area contributed by atoms with Crippen LogP contribution in [0.3, 0.4) is 0 Å². The molecule has 0 fully saturated rings. The Hall–Kier alpha value is -3.53. The number of nitrogens with one attached hydrogen (secondary N) is 2. The van der Waals surface area contributed by atoms with E-state index in [9.17, 15) is 9.59 Å². The van der Waals surface area contributed by atoms with Gasteiger partial charge in [0.05, 0.1) is 0 Å². The van der Waals surface area contributed by atoms with Gasteiger partial charge in [0, 0.05) is 44.6 Å². The van der Waals surface area contributed by atoms with E-state index in [2.05, 4.69) is 44.4 Å². The molecule has 0 aliphatic heterocycles.